The number of hydrogen-bond donors (Lipinski definition) is 0. The van der Waals surface area contributed by atoms with Gasteiger partial charge in [-0.25, -0.2) is 0 Å². The molecule has 0 unspecified atom stereocenters. The molecule has 0 bridgehead atoms. The van der Waals surface area contributed by atoms with Crippen LogP contribution in [0.4, 0.5) is 0 Å². The molecule has 1 fully saturated rings. The highest BCUT2D eigenvalue weighted by Gasteiger charge is 2.23. The summed E-state index contributed by atoms with van der Waals surface area (Å²) in [6, 6.07) is 10.2. The monoisotopic (exact) mass is 282 g/mol. The molecule has 1 aliphatic rings. The Kier molecular flexibility index (Phi) is 4.18. The van der Waals surface area contributed by atoms with Crippen LogP contribution in [0.2, 0.25) is 0 Å². The maximum atomic E-state index is 12.5. The summed E-state index contributed by atoms with van der Waals surface area (Å²) >= 11 is 0. The molecule has 2 aromatic rings. The fraction of sp³-hybridized carbons (Fsp3) is 0.444. The number of nitrogens with zero attached hydrogens (tertiary/aromatic N) is 2. The lowest BCUT2D eigenvalue weighted by Gasteiger charge is -2.26. The molecule has 3 nitrogen and oxygen atoms in total. The Morgan fingerprint density at radius 2 is 2.00 bits per heavy atom. The molecule has 3 heteroatoms. The van der Waals surface area contributed by atoms with Gasteiger partial charge in [-0.15, -0.1) is 0 Å². The van der Waals surface area contributed by atoms with Crippen LogP contribution in [-0.2, 0) is 11.3 Å². The van der Waals surface area contributed by atoms with Crippen LogP contribution in [0.1, 0.15) is 37.7 Å². The molecule has 1 aromatic heterocycles. The summed E-state index contributed by atoms with van der Waals surface area (Å²) in [5.74, 6) is 0.528. The number of para-hydroxylation sites is 1. The van der Waals surface area contributed by atoms with Crippen LogP contribution in [0.15, 0.2) is 36.5 Å². The molecule has 0 saturated heterocycles. The third-order valence-electron chi connectivity index (χ3n) is 4.40. The van der Waals surface area contributed by atoms with E-state index in [1.165, 1.54) is 19.3 Å². The molecule has 3 rings (SSSR count). The van der Waals surface area contributed by atoms with Crippen molar-refractivity contribution in [1.29, 1.82) is 0 Å². The van der Waals surface area contributed by atoms with Crippen LogP contribution in [-0.4, -0.2) is 22.8 Å². The molecule has 110 valence electrons. The van der Waals surface area contributed by atoms with Gasteiger partial charge < -0.3 is 4.90 Å². The zero-order chi connectivity index (χ0) is 14.7. The van der Waals surface area contributed by atoms with Crippen LogP contribution in [0.3, 0.4) is 0 Å². The van der Waals surface area contributed by atoms with Crippen molar-refractivity contribution < 1.29 is 4.79 Å². The van der Waals surface area contributed by atoms with Crippen molar-refractivity contribution in [3.05, 3.63) is 42.1 Å². The smallest absolute Gasteiger partial charge is 0.225 e. The second-order valence-electron chi connectivity index (χ2n) is 6.07. The molecule has 1 aromatic carbocycles. The number of rotatable bonds is 3. The summed E-state index contributed by atoms with van der Waals surface area (Å²) in [7, 11) is 1.91. The van der Waals surface area contributed by atoms with Crippen LogP contribution in [0, 0.1) is 5.92 Å². The summed E-state index contributed by atoms with van der Waals surface area (Å²) in [4.78, 5) is 18.8. The predicted octanol–water partition coefficient (Wildman–Crippen LogP) is 3.77. The van der Waals surface area contributed by atoms with Gasteiger partial charge in [0.1, 0.15) is 0 Å². The molecule has 0 spiro atoms. The van der Waals surface area contributed by atoms with Crippen molar-refractivity contribution >= 4 is 16.8 Å². The highest BCUT2D eigenvalue weighted by molar-refractivity contribution is 5.80. The van der Waals surface area contributed by atoms with Crippen molar-refractivity contribution in [2.24, 2.45) is 5.92 Å². The third kappa shape index (κ3) is 3.23. The molecular formula is C18H22N2O. The standard InChI is InChI=1S/C18H22N2O/c1-20(18(21)15-7-3-2-4-8-15)13-14-11-16-9-5-6-10-17(16)19-12-14/h5-6,9-12,15H,2-4,7-8,13H2,1H3. The van der Waals surface area contributed by atoms with E-state index in [0.29, 0.717) is 12.5 Å². The van der Waals surface area contributed by atoms with Gasteiger partial charge in [-0.3, -0.25) is 9.78 Å². The number of carbonyl (C=O) groups is 1. The van der Waals surface area contributed by atoms with Gasteiger partial charge in [-0.2, -0.15) is 0 Å². The van der Waals surface area contributed by atoms with Gasteiger partial charge in [0.15, 0.2) is 0 Å². The largest absolute Gasteiger partial charge is 0.341 e. The first kappa shape index (κ1) is 14.1. The zero-order valence-corrected chi connectivity index (χ0v) is 12.6. The van der Waals surface area contributed by atoms with Crippen molar-refractivity contribution in [3.63, 3.8) is 0 Å². The fourth-order valence-corrected chi connectivity index (χ4v) is 3.22. The average Bonchev–Trinajstić information content (AvgIpc) is 2.55. The Bertz CT molecular complexity index is 632. The van der Waals surface area contributed by atoms with E-state index in [0.717, 1.165) is 29.3 Å². The number of fused-ring (bicyclic) bond motifs is 1. The average molecular weight is 282 g/mol. The molecule has 1 saturated carbocycles. The van der Waals surface area contributed by atoms with E-state index >= 15 is 0 Å². The van der Waals surface area contributed by atoms with Gasteiger partial charge in [0.2, 0.25) is 5.91 Å². The quantitative estimate of drug-likeness (QED) is 0.858. The Morgan fingerprint density at radius 3 is 2.81 bits per heavy atom. The number of carbonyl (C=O) groups excluding carboxylic acids is 1. The predicted molar refractivity (Wildman–Crippen MR) is 84.8 cm³/mol. The Hall–Kier alpha value is -1.90. The van der Waals surface area contributed by atoms with Gasteiger partial charge in [0.05, 0.1) is 5.52 Å². The van der Waals surface area contributed by atoms with Crippen molar-refractivity contribution in [2.45, 2.75) is 38.6 Å². The van der Waals surface area contributed by atoms with E-state index in [9.17, 15) is 4.79 Å². The summed E-state index contributed by atoms with van der Waals surface area (Å²) in [5.41, 5.74) is 2.10. The lowest BCUT2D eigenvalue weighted by molar-refractivity contribution is -0.135. The minimum atomic E-state index is 0.233. The molecule has 21 heavy (non-hydrogen) atoms. The normalized spacial score (nSPS) is 16.0. The lowest BCUT2D eigenvalue weighted by Crippen LogP contribution is -2.33. The maximum absolute atomic E-state index is 12.5. The number of aromatic nitrogens is 1. The third-order valence-corrected chi connectivity index (χ3v) is 4.40. The first-order valence-electron chi connectivity index (χ1n) is 7.83. The van der Waals surface area contributed by atoms with E-state index in [1.54, 1.807) is 0 Å². The van der Waals surface area contributed by atoms with Crippen molar-refractivity contribution in [2.75, 3.05) is 7.05 Å². The van der Waals surface area contributed by atoms with Gasteiger partial charge in [0, 0.05) is 31.1 Å². The maximum Gasteiger partial charge on any atom is 0.225 e. The Morgan fingerprint density at radius 1 is 1.24 bits per heavy atom. The van der Waals surface area contributed by atoms with E-state index in [-0.39, 0.29) is 5.92 Å². The molecular weight excluding hydrogens is 260 g/mol. The van der Waals surface area contributed by atoms with Crippen LogP contribution < -0.4 is 0 Å². The first-order chi connectivity index (χ1) is 10.2. The highest BCUT2D eigenvalue weighted by Crippen LogP contribution is 2.25. The lowest BCUT2D eigenvalue weighted by atomic mass is 9.88. The van der Waals surface area contributed by atoms with E-state index in [1.807, 2.05) is 36.3 Å². The molecule has 1 aliphatic carbocycles. The second kappa shape index (κ2) is 6.25. The first-order valence-corrected chi connectivity index (χ1v) is 7.83. The van der Waals surface area contributed by atoms with E-state index < -0.39 is 0 Å². The van der Waals surface area contributed by atoms with Gasteiger partial charge in [0.25, 0.3) is 0 Å². The van der Waals surface area contributed by atoms with Crippen LogP contribution in [0.25, 0.3) is 10.9 Å². The van der Waals surface area contributed by atoms with Crippen LogP contribution >= 0.6 is 0 Å². The molecule has 0 aliphatic heterocycles. The highest BCUT2D eigenvalue weighted by atomic mass is 16.2. The van der Waals surface area contributed by atoms with E-state index in [4.69, 9.17) is 0 Å². The Labute approximate surface area is 126 Å². The number of hydrogen-bond acceptors (Lipinski definition) is 2. The van der Waals surface area contributed by atoms with Gasteiger partial charge >= 0.3 is 0 Å². The molecule has 0 radical (unpaired) electrons. The number of amides is 1. The minimum Gasteiger partial charge on any atom is -0.341 e. The molecule has 1 amide bonds. The zero-order valence-electron chi connectivity index (χ0n) is 12.6. The molecule has 0 atom stereocenters. The van der Waals surface area contributed by atoms with Crippen LogP contribution in [0.5, 0.6) is 0 Å². The summed E-state index contributed by atoms with van der Waals surface area (Å²) in [5, 5.41) is 1.13. The Balaban J connectivity index is 1.70. The number of benzene rings is 1. The van der Waals surface area contributed by atoms with E-state index in [2.05, 4.69) is 17.1 Å². The van der Waals surface area contributed by atoms with Crippen molar-refractivity contribution in [1.82, 2.24) is 9.88 Å². The van der Waals surface area contributed by atoms with Crippen molar-refractivity contribution in [3.8, 4) is 0 Å². The van der Waals surface area contributed by atoms with Gasteiger partial charge in [-0.1, -0.05) is 37.5 Å². The van der Waals surface area contributed by atoms with Gasteiger partial charge in [-0.05, 0) is 30.5 Å². The summed E-state index contributed by atoms with van der Waals surface area (Å²) in [6.07, 6.45) is 7.66. The minimum absolute atomic E-state index is 0.233. The number of pyridine rings is 1. The second-order valence-corrected chi connectivity index (χ2v) is 6.07. The topological polar surface area (TPSA) is 33.2 Å². The SMILES string of the molecule is CN(Cc1cnc2ccccc2c1)C(=O)C1CCCCC1. The fourth-order valence-electron chi connectivity index (χ4n) is 3.22. The molecule has 1 heterocycles. The molecule has 0 N–H and O–H groups in total. The summed E-state index contributed by atoms with van der Waals surface area (Å²) in [6.45, 7) is 0.646. The summed E-state index contributed by atoms with van der Waals surface area (Å²) < 4.78 is 0.